The van der Waals surface area contributed by atoms with Gasteiger partial charge in [0, 0.05) is 35.5 Å². The number of aromatic nitrogens is 1. The first-order valence-electron chi connectivity index (χ1n) is 6.95. The van der Waals surface area contributed by atoms with E-state index in [1.54, 1.807) is 0 Å². The van der Waals surface area contributed by atoms with Crippen molar-refractivity contribution in [3.05, 3.63) is 23.0 Å². The zero-order valence-electron chi connectivity index (χ0n) is 11.9. The van der Waals surface area contributed by atoms with Gasteiger partial charge in [-0.2, -0.15) is 0 Å². The van der Waals surface area contributed by atoms with Gasteiger partial charge in [0.25, 0.3) is 0 Å². The van der Waals surface area contributed by atoms with E-state index < -0.39 is 0 Å². The van der Waals surface area contributed by atoms with Crippen LogP contribution < -0.4 is 5.32 Å². The summed E-state index contributed by atoms with van der Waals surface area (Å²) < 4.78 is 2.25. The van der Waals surface area contributed by atoms with Gasteiger partial charge in [0.1, 0.15) is 0 Å². The molecule has 1 fully saturated rings. The van der Waals surface area contributed by atoms with Crippen molar-refractivity contribution in [2.45, 2.75) is 46.6 Å². The van der Waals surface area contributed by atoms with Crippen LogP contribution in [0.5, 0.6) is 0 Å². The molecule has 1 aliphatic heterocycles. The number of nitrogens with zero attached hydrogens (tertiary/aromatic N) is 1. The molecule has 2 rings (SSSR count). The molecule has 1 N–H and O–H groups in total. The van der Waals surface area contributed by atoms with Crippen molar-refractivity contribution >= 4 is 5.78 Å². The Morgan fingerprint density at radius 2 is 2.17 bits per heavy atom. The highest BCUT2D eigenvalue weighted by molar-refractivity contribution is 5.99. The molecule has 0 saturated carbocycles. The number of carbonyl (C=O) groups is 1. The lowest BCUT2D eigenvalue weighted by molar-refractivity contribution is 0.0899. The number of hydrogen-bond donors (Lipinski definition) is 1. The van der Waals surface area contributed by atoms with E-state index >= 15 is 0 Å². The second-order valence-corrected chi connectivity index (χ2v) is 5.66. The Balaban J connectivity index is 2.28. The summed E-state index contributed by atoms with van der Waals surface area (Å²) in [5, 5.41) is 3.32. The predicted octanol–water partition coefficient (Wildman–Crippen LogP) is 2.87. The van der Waals surface area contributed by atoms with E-state index in [0.29, 0.717) is 11.8 Å². The number of piperidine rings is 1. The van der Waals surface area contributed by atoms with Crippen molar-refractivity contribution in [1.82, 2.24) is 9.88 Å². The van der Waals surface area contributed by atoms with Gasteiger partial charge in [0.05, 0.1) is 0 Å². The molecule has 3 nitrogen and oxygen atoms in total. The largest absolute Gasteiger partial charge is 0.346 e. The third-order valence-corrected chi connectivity index (χ3v) is 3.93. The molecule has 18 heavy (non-hydrogen) atoms. The lowest BCUT2D eigenvalue weighted by atomic mass is 9.91. The maximum Gasteiger partial charge on any atom is 0.169 e. The molecule has 0 aromatic carbocycles. The molecule has 1 atom stereocenters. The van der Waals surface area contributed by atoms with Crippen LogP contribution in [0, 0.1) is 19.8 Å². The average molecular weight is 248 g/mol. The Morgan fingerprint density at radius 3 is 2.67 bits per heavy atom. The van der Waals surface area contributed by atoms with Gasteiger partial charge < -0.3 is 9.88 Å². The van der Waals surface area contributed by atoms with Crippen LogP contribution in [0.4, 0.5) is 0 Å². The normalized spacial score (nSPS) is 20.4. The SMILES string of the molecule is Cc1cc(C(=O)C2CCCNC2)c(C)n1C(C)C. The fraction of sp³-hybridized carbons (Fsp3) is 0.667. The third kappa shape index (κ3) is 2.37. The van der Waals surface area contributed by atoms with Gasteiger partial charge in [0.2, 0.25) is 0 Å². The number of rotatable bonds is 3. The van der Waals surface area contributed by atoms with Gasteiger partial charge in [-0.1, -0.05) is 0 Å². The highest BCUT2D eigenvalue weighted by atomic mass is 16.1. The molecule has 2 heterocycles. The second-order valence-electron chi connectivity index (χ2n) is 5.66. The van der Waals surface area contributed by atoms with Gasteiger partial charge in [-0.25, -0.2) is 0 Å². The lowest BCUT2D eigenvalue weighted by Crippen LogP contribution is -2.34. The minimum atomic E-state index is 0.167. The minimum Gasteiger partial charge on any atom is -0.346 e. The summed E-state index contributed by atoms with van der Waals surface area (Å²) in [6.07, 6.45) is 2.14. The molecule has 1 unspecified atom stereocenters. The van der Waals surface area contributed by atoms with E-state index in [9.17, 15) is 4.79 Å². The lowest BCUT2D eigenvalue weighted by Gasteiger charge is -2.21. The van der Waals surface area contributed by atoms with E-state index in [0.717, 1.165) is 37.2 Å². The summed E-state index contributed by atoms with van der Waals surface area (Å²) in [5.74, 6) is 0.488. The molecule has 3 heteroatoms. The van der Waals surface area contributed by atoms with Crippen molar-refractivity contribution < 1.29 is 4.79 Å². The fourth-order valence-electron chi connectivity index (χ4n) is 3.12. The van der Waals surface area contributed by atoms with Gasteiger partial charge in [0.15, 0.2) is 5.78 Å². The summed E-state index contributed by atoms with van der Waals surface area (Å²) in [7, 11) is 0. The first kappa shape index (κ1) is 13.3. The Bertz CT molecular complexity index is 440. The quantitative estimate of drug-likeness (QED) is 0.835. The monoisotopic (exact) mass is 248 g/mol. The molecule has 1 aromatic rings. The van der Waals surface area contributed by atoms with Gasteiger partial charge in [-0.15, -0.1) is 0 Å². The van der Waals surface area contributed by atoms with E-state index in [1.165, 1.54) is 5.69 Å². The summed E-state index contributed by atoms with van der Waals surface area (Å²) in [6.45, 7) is 10.4. The first-order chi connectivity index (χ1) is 8.52. The van der Waals surface area contributed by atoms with E-state index in [1.807, 2.05) is 0 Å². The van der Waals surface area contributed by atoms with Crippen molar-refractivity contribution in [2.24, 2.45) is 5.92 Å². The summed E-state index contributed by atoms with van der Waals surface area (Å²) in [5.41, 5.74) is 3.24. The Morgan fingerprint density at radius 1 is 1.44 bits per heavy atom. The minimum absolute atomic E-state index is 0.167. The molecule has 0 amide bonds. The number of ketones is 1. The number of Topliss-reactive ketones (excluding diaryl/α,β-unsaturated/α-hetero) is 1. The van der Waals surface area contributed by atoms with Gasteiger partial charge in [-0.3, -0.25) is 4.79 Å². The van der Waals surface area contributed by atoms with Crippen LogP contribution in [0.3, 0.4) is 0 Å². The van der Waals surface area contributed by atoms with Crippen molar-refractivity contribution in [2.75, 3.05) is 13.1 Å². The average Bonchev–Trinajstić information content (AvgIpc) is 2.65. The highest BCUT2D eigenvalue weighted by Gasteiger charge is 2.25. The summed E-state index contributed by atoms with van der Waals surface area (Å²) in [4.78, 5) is 12.6. The molecule has 1 aromatic heterocycles. The van der Waals surface area contributed by atoms with Crippen molar-refractivity contribution in [1.29, 1.82) is 0 Å². The van der Waals surface area contributed by atoms with Crippen LogP contribution in [-0.4, -0.2) is 23.4 Å². The summed E-state index contributed by atoms with van der Waals surface area (Å²) in [6, 6.07) is 2.47. The zero-order chi connectivity index (χ0) is 13.3. The third-order valence-electron chi connectivity index (χ3n) is 3.93. The number of nitrogens with one attached hydrogen (secondary N) is 1. The fourth-order valence-corrected chi connectivity index (χ4v) is 3.12. The molecule has 0 radical (unpaired) electrons. The molecular weight excluding hydrogens is 224 g/mol. The molecular formula is C15H24N2O. The second kappa shape index (κ2) is 5.27. The van der Waals surface area contributed by atoms with Crippen LogP contribution >= 0.6 is 0 Å². The smallest absolute Gasteiger partial charge is 0.169 e. The highest BCUT2D eigenvalue weighted by Crippen LogP contribution is 2.24. The van der Waals surface area contributed by atoms with Crippen LogP contribution in [-0.2, 0) is 0 Å². The first-order valence-corrected chi connectivity index (χ1v) is 6.95. The van der Waals surface area contributed by atoms with E-state index in [2.05, 4.69) is 43.6 Å². The van der Waals surface area contributed by atoms with Crippen LogP contribution in [0.15, 0.2) is 6.07 Å². The zero-order valence-corrected chi connectivity index (χ0v) is 11.9. The van der Waals surface area contributed by atoms with E-state index in [-0.39, 0.29) is 5.92 Å². The maximum atomic E-state index is 12.6. The Kier molecular flexibility index (Phi) is 3.91. The molecule has 0 spiro atoms. The van der Waals surface area contributed by atoms with Crippen molar-refractivity contribution in [3.8, 4) is 0 Å². The van der Waals surface area contributed by atoms with E-state index in [4.69, 9.17) is 0 Å². The molecule has 1 saturated heterocycles. The number of carbonyl (C=O) groups excluding carboxylic acids is 1. The predicted molar refractivity (Wildman–Crippen MR) is 74.2 cm³/mol. The van der Waals surface area contributed by atoms with Crippen LogP contribution in [0.2, 0.25) is 0 Å². The van der Waals surface area contributed by atoms with Gasteiger partial charge in [-0.05, 0) is 53.1 Å². The Labute approximate surface area is 110 Å². The molecule has 0 aliphatic carbocycles. The number of aryl methyl sites for hydroxylation is 1. The molecule has 100 valence electrons. The van der Waals surface area contributed by atoms with Crippen LogP contribution in [0.25, 0.3) is 0 Å². The maximum absolute atomic E-state index is 12.6. The molecule has 0 bridgehead atoms. The molecule has 1 aliphatic rings. The summed E-state index contributed by atoms with van der Waals surface area (Å²) >= 11 is 0. The standard InChI is InChI=1S/C15H24N2O/c1-10(2)17-11(3)8-14(12(17)4)15(18)13-6-5-7-16-9-13/h8,10,13,16H,5-7,9H2,1-4H3. The number of hydrogen-bond acceptors (Lipinski definition) is 2. The van der Waals surface area contributed by atoms with Crippen molar-refractivity contribution in [3.63, 3.8) is 0 Å². The Hall–Kier alpha value is -1.09. The van der Waals surface area contributed by atoms with Crippen LogP contribution in [0.1, 0.15) is 54.5 Å². The van der Waals surface area contributed by atoms with Gasteiger partial charge >= 0.3 is 0 Å². The topological polar surface area (TPSA) is 34.0 Å².